The molecule has 0 N–H and O–H groups in total. The SMILES string of the molecule is CC(=O)N1CCC[C@@H]1[C@@H]1CCCN1C[C@H](C#N)CCC#N. The van der Waals surface area contributed by atoms with Gasteiger partial charge in [0.1, 0.15) is 0 Å². The van der Waals surface area contributed by atoms with Crippen LogP contribution in [0.2, 0.25) is 0 Å². The molecular weight excluding hydrogens is 264 g/mol. The second kappa shape index (κ2) is 7.43. The van der Waals surface area contributed by atoms with Crippen molar-refractivity contribution in [3.63, 3.8) is 0 Å². The van der Waals surface area contributed by atoms with E-state index >= 15 is 0 Å². The number of nitrogens with zero attached hydrogens (tertiary/aromatic N) is 4. The Morgan fingerprint density at radius 2 is 1.95 bits per heavy atom. The summed E-state index contributed by atoms with van der Waals surface area (Å²) in [6.45, 7) is 4.28. The highest BCUT2D eigenvalue weighted by Gasteiger charge is 2.39. The molecule has 0 aromatic heterocycles. The van der Waals surface area contributed by atoms with Crippen molar-refractivity contribution in [2.45, 2.75) is 57.5 Å². The van der Waals surface area contributed by atoms with Crippen LogP contribution in [0.3, 0.4) is 0 Å². The smallest absolute Gasteiger partial charge is 0.219 e. The Kier molecular flexibility index (Phi) is 5.59. The van der Waals surface area contributed by atoms with Gasteiger partial charge in [-0.05, 0) is 38.6 Å². The molecule has 0 aromatic carbocycles. The van der Waals surface area contributed by atoms with Gasteiger partial charge in [-0.3, -0.25) is 9.69 Å². The Balaban J connectivity index is 1.98. The zero-order valence-corrected chi connectivity index (χ0v) is 12.8. The molecule has 5 nitrogen and oxygen atoms in total. The molecule has 0 bridgehead atoms. The molecule has 0 aromatic rings. The Bertz CT molecular complexity index is 450. The lowest BCUT2D eigenvalue weighted by atomic mass is 10.00. The molecular formula is C16H24N4O. The van der Waals surface area contributed by atoms with Crippen LogP contribution in [0.1, 0.15) is 45.4 Å². The average Bonchev–Trinajstić information content (AvgIpc) is 3.11. The Morgan fingerprint density at radius 3 is 2.62 bits per heavy atom. The summed E-state index contributed by atoms with van der Waals surface area (Å²) in [5.74, 6) is 0.100. The van der Waals surface area contributed by atoms with Crippen LogP contribution in [0.25, 0.3) is 0 Å². The van der Waals surface area contributed by atoms with E-state index in [1.54, 1.807) is 6.92 Å². The number of nitriles is 2. The van der Waals surface area contributed by atoms with Crippen LogP contribution in [0.4, 0.5) is 0 Å². The highest BCUT2D eigenvalue weighted by molar-refractivity contribution is 5.74. The lowest BCUT2D eigenvalue weighted by molar-refractivity contribution is -0.130. The zero-order chi connectivity index (χ0) is 15.2. The van der Waals surface area contributed by atoms with Crippen molar-refractivity contribution in [1.82, 2.24) is 9.80 Å². The van der Waals surface area contributed by atoms with E-state index in [1.807, 2.05) is 4.90 Å². The summed E-state index contributed by atoms with van der Waals surface area (Å²) in [6.07, 6.45) is 5.52. The molecule has 2 fully saturated rings. The lowest BCUT2D eigenvalue weighted by Gasteiger charge is -2.35. The Labute approximate surface area is 127 Å². The van der Waals surface area contributed by atoms with Crippen molar-refractivity contribution in [3.8, 4) is 12.1 Å². The second-order valence-corrected chi connectivity index (χ2v) is 6.15. The molecule has 21 heavy (non-hydrogen) atoms. The largest absolute Gasteiger partial charge is 0.338 e. The minimum Gasteiger partial charge on any atom is -0.338 e. The van der Waals surface area contributed by atoms with E-state index in [2.05, 4.69) is 17.0 Å². The maximum absolute atomic E-state index is 11.8. The molecule has 1 amide bonds. The molecule has 114 valence electrons. The van der Waals surface area contributed by atoms with Gasteiger partial charge in [-0.1, -0.05) is 0 Å². The van der Waals surface area contributed by atoms with Crippen LogP contribution in [0.15, 0.2) is 0 Å². The van der Waals surface area contributed by atoms with Crippen molar-refractivity contribution in [1.29, 1.82) is 10.5 Å². The monoisotopic (exact) mass is 288 g/mol. The first kappa shape index (κ1) is 15.8. The fourth-order valence-corrected chi connectivity index (χ4v) is 3.82. The van der Waals surface area contributed by atoms with Crippen molar-refractivity contribution in [2.75, 3.05) is 19.6 Å². The molecule has 0 aliphatic carbocycles. The van der Waals surface area contributed by atoms with Crippen LogP contribution >= 0.6 is 0 Å². The van der Waals surface area contributed by atoms with E-state index in [9.17, 15) is 10.1 Å². The van der Waals surface area contributed by atoms with Gasteiger partial charge in [-0.25, -0.2) is 0 Å². The van der Waals surface area contributed by atoms with Crippen molar-refractivity contribution in [3.05, 3.63) is 0 Å². The third-order valence-corrected chi connectivity index (χ3v) is 4.80. The molecule has 0 unspecified atom stereocenters. The molecule has 3 atom stereocenters. The van der Waals surface area contributed by atoms with Crippen molar-refractivity contribution >= 4 is 5.91 Å². The predicted molar refractivity (Wildman–Crippen MR) is 79.0 cm³/mol. The molecule has 2 aliphatic rings. The standard InChI is InChI=1S/C16H24N4O/c1-13(21)20-10-4-7-16(20)15-6-3-9-19(15)12-14(11-18)5-2-8-17/h14-16H,2-7,9-10,12H2,1H3/t14-,15-,16+/m0/s1. The van der Waals surface area contributed by atoms with Crippen LogP contribution in [-0.4, -0.2) is 47.4 Å². The first-order valence-electron chi connectivity index (χ1n) is 7.95. The van der Waals surface area contributed by atoms with Gasteiger partial charge < -0.3 is 4.90 Å². The number of hydrogen-bond donors (Lipinski definition) is 0. The van der Waals surface area contributed by atoms with Gasteiger partial charge in [-0.2, -0.15) is 10.5 Å². The van der Waals surface area contributed by atoms with Crippen LogP contribution in [0.5, 0.6) is 0 Å². The first-order chi connectivity index (χ1) is 10.2. The van der Waals surface area contributed by atoms with E-state index < -0.39 is 0 Å². The fourth-order valence-electron chi connectivity index (χ4n) is 3.82. The van der Waals surface area contributed by atoms with E-state index in [0.29, 0.717) is 24.9 Å². The molecule has 2 heterocycles. The van der Waals surface area contributed by atoms with Gasteiger partial charge in [-0.15, -0.1) is 0 Å². The average molecular weight is 288 g/mol. The number of likely N-dealkylation sites (tertiary alicyclic amines) is 2. The van der Waals surface area contributed by atoms with Crippen molar-refractivity contribution in [2.24, 2.45) is 5.92 Å². The summed E-state index contributed by atoms with van der Waals surface area (Å²) in [6, 6.07) is 5.18. The van der Waals surface area contributed by atoms with E-state index in [1.165, 1.54) is 0 Å². The number of carbonyl (C=O) groups excluding carboxylic acids is 1. The predicted octanol–water partition coefficient (Wildman–Crippen LogP) is 1.91. The number of amides is 1. The topological polar surface area (TPSA) is 71.1 Å². The van der Waals surface area contributed by atoms with Gasteiger partial charge in [0.15, 0.2) is 0 Å². The number of carbonyl (C=O) groups is 1. The molecule has 5 heteroatoms. The third-order valence-electron chi connectivity index (χ3n) is 4.80. The minimum atomic E-state index is -0.0718. The number of rotatable bonds is 5. The Morgan fingerprint density at radius 1 is 1.24 bits per heavy atom. The normalized spacial score (nSPS) is 27.3. The summed E-state index contributed by atoms with van der Waals surface area (Å²) in [5.41, 5.74) is 0. The maximum atomic E-state index is 11.8. The summed E-state index contributed by atoms with van der Waals surface area (Å²) < 4.78 is 0. The van der Waals surface area contributed by atoms with Gasteiger partial charge in [0.25, 0.3) is 0 Å². The van der Waals surface area contributed by atoms with Crippen LogP contribution in [-0.2, 0) is 4.79 Å². The van der Waals surface area contributed by atoms with Gasteiger partial charge in [0, 0.05) is 38.5 Å². The fraction of sp³-hybridized carbons (Fsp3) is 0.812. The maximum Gasteiger partial charge on any atom is 0.219 e. The zero-order valence-electron chi connectivity index (χ0n) is 12.8. The van der Waals surface area contributed by atoms with Gasteiger partial charge in [0.2, 0.25) is 5.91 Å². The molecule has 0 radical (unpaired) electrons. The molecule has 0 saturated carbocycles. The van der Waals surface area contributed by atoms with E-state index in [4.69, 9.17) is 5.26 Å². The second-order valence-electron chi connectivity index (χ2n) is 6.15. The van der Waals surface area contributed by atoms with E-state index in [-0.39, 0.29) is 11.8 Å². The highest BCUT2D eigenvalue weighted by Crippen LogP contribution is 2.30. The quantitative estimate of drug-likeness (QED) is 0.774. The molecule has 2 saturated heterocycles. The molecule has 2 rings (SSSR count). The van der Waals surface area contributed by atoms with Gasteiger partial charge >= 0.3 is 0 Å². The third kappa shape index (κ3) is 3.74. The van der Waals surface area contributed by atoms with Crippen molar-refractivity contribution < 1.29 is 4.79 Å². The van der Waals surface area contributed by atoms with Crippen LogP contribution < -0.4 is 0 Å². The summed E-state index contributed by atoms with van der Waals surface area (Å²) in [4.78, 5) is 16.2. The molecule has 0 spiro atoms. The summed E-state index contributed by atoms with van der Waals surface area (Å²) in [5, 5.41) is 17.9. The minimum absolute atomic E-state index is 0.0718. The van der Waals surface area contributed by atoms with E-state index in [0.717, 1.165) is 45.3 Å². The number of hydrogen-bond acceptors (Lipinski definition) is 4. The van der Waals surface area contributed by atoms with Gasteiger partial charge in [0.05, 0.1) is 18.1 Å². The summed E-state index contributed by atoms with van der Waals surface area (Å²) in [7, 11) is 0. The van der Waals surface area contributed by atoms with Crippen LogP contribution in [0, 0.1) is 28.6 Å². The first-order valence-corrected chi connectivity index (χ1v) is 7.95. The summed E-state index contributed by atoms with van der Waals surface area (Å²) >= 11 is 0. The Hall–Kier alpha value is -1.59. The molecule has 2 aliphatic heterocycles. The highest BCUT2D eigenvalue weighted by atomic mass is 16.2. The lowest BCUT2D eigenvalue weighted by Crippen LogP contribution is -2.48.